The van der Waals surface area contributed by atoms with Gasteiger partial charge in [-0.1, -0.05) is 51.1 Å². The number of hydrogen-bond acceptors (Lipinski definition) is 3. The second-order valence-corrected chi connectivity index (χ2v) is 6.20. The first-order valence-corrected chi connectivity index (χ1v) is 6.95. The molecule has 0 aliphatic heterocycles. The number of rotatable bonds is 6. The van der Waals surface area contributed by atoms with E-state index < -0.39 is 6.10 Å². The van der Waals surface area contributed by atoms with E-state index in [0.717, 1.165) is 12.0 Å². The van der Waals surface area contributed by atoms with Gasteiger partial charge in [-0.05, 0) is 17.4 Å². The maximum Gasteiger partial charge on any atom is 0.250 e. The van der Waals surface area contributed by atoms with Crippen LogP contribution < -0.4 is 11.1 Å². The van der Waals surface area contributed by atoms with Crippen LogP contribution in [0.4, 0.5) is 0 Å². The van der Waals surface area contributed by atoms with Crippen molar-refractivity contribution in [1.29, 1.82) is 0 Å². The zero-order valence-electron chi connectivity index (χ0n) is 12.8. The van der Waals surface area contributed by atoms with Crippen LogP contribution >= 0.6 is 0 Å². The lowest BCUT2D eigenvalue weighted by Gasteiger charge is -2.28. The van der Waals surface area contributed by atoms with E-state index in [1.807, 2.05) is 30.3 Å². The molecule has 0 saturated carbocycles. The monoisotopic (exact) mass is 278 g/mol. The van der Waals surface area contributed by atoms with Crippen LogP contribution in [0.25, 0.3) is 0 Å². The van der Waals surface area contributed by atoms with E-state index >= 15 is 0 Å². The fourth-order valence-electron chi connectivity index (χ4n) is 2.12. The van der Waals surface area contributed by atoms with E-state index in [2.05, 4.69) is 26.1 Å². The first kappa shape index (κ1) is 16.7. The van der Waals surface area contributed by atoms with Gasteiger partial charge in [0.25, 0.3) is 5.91 Å². The molecule has 2 atom stereocenters. The zero-order valence-corrected chi connectivity index (χ0v) is 12.8. The van der Waals surface area contributed by atoms with E-state index in [-0.39, 0.29) is 23.9 Å². The number of methoxy groups -OCH3 is 1. The van der Waals surface area contributed by atoms with Crippen molar-refractivity contribution in [3.8, 4) is 0 Å². The van der Waals surface area contributed by atoms with Crippen LogP contribution in [0.2, 0.25) is 0 Å². The van der Waals surface area contributed by atoms with Gasteiger partial charge in [0, 0.05) is 13.7 Å². The van der Waals surface area contributed by atoms with Gasteiger partial charge in [0.15, 0.2) is 0 Å². The van der Waals surface area contributed by atoms with Gasteiger partial charge in [-0.3, -0.25) is 4.79 Å². The Kier molecular flexibility index (Phi) is 6.17. The average molecular weight is 278 g/mol. The van der Waals surface area contributed by atoms with E-state index in [9.17, 15) is 4.79 Å². The van der Waals surface area contributed by atoms with Gasteiger partial charge in [-0.25, -0.2) is 0 Å². The van der Waals surface area contributed by atoms with Crippen molar-refractivity contribution >= 4 is 5.91 Å². The molecule has 0 saturated heterocycles. The highest BCUT2D eigenvalue weighted by Crippen LogP contribution is 2.29. The summed E-state index contributed by atoms with van der Waals surface area (Å²) < 4.78 is 5.09. The fourth-order valence-corrected chi connectivity index (χ4v) is 2.12. The molecule has 0 radical (unpaired) electrons. The van der Waals surface area contributed by atoms with Gasteiger partial charge in [-0.2, -0.15) is 0 Å². The zero-order chi connectivity index (χ0) is 15.2. The number of ether oxygens (including phenoxy) is 1. The molecule has 0 aliphatic carbocycles. The second kappa shape index (κ2) is 7.41. The predicted molar refractivity (Wildman–Crippen MR) is 81.2 cm³/mol. The number of carbonyl (C=O) groups is 1. The highest BCUT2D eigenvalue weighted by Gasteiger charge is 2.24. The van der Waals surface area contributed by atoms with Crippen molar-refractivity contribution < 1.29 is 9.53 Å². The lowest BCUT2D eigenvalue weighted by atomic mass is 9.85. The minimum atomic E-state index is -0.596. The van der Waals surface area contributed by atoms with Crippen LogP contribution in [-0.4, -0.2) is 25.7 Å². The Balaban J connectivity index is 2.86. The topological polar surface area (TPSA) is 64.3 Å². The van der Waals surface area contributed by atoms with Gasteiger partial charge in [-0.15, -0.1) is 0 Å². The number of carbonyl (C=O) groups excluding carboxylic acids is 1. The second-order valence-electron chi connectivity index (χ2n) is 6.20. The summed E-state index contributed by atoms with van der Waals surface area (Å²) >= 11 is 0. The van der Waals surface area contributed by atoms with Gasteiger partial charge < -0.3 is 15.8 Å². The van der Waals surface area contributed by atoms with E-state index in [1.165, 1.54) is 7.11 Å². The number of nitrogens with two attached hydrogens (primary N) is 1. The standard InChI is InChI=1S/C16H26N2O2/c1-16(2,3)10-13(12-8-6-5-7-9-12)18-15(19)14(11-17)20-4/h5-9,13-14H,10-11,17H2,1-4H3,(H,18,19). The molecule has 4 nitrogen and oxygen atoms in total. The highest BCUT2D eigenvalue weighted by molar-refractivity contribution is 5.81. The summed E-state index contributed by atoms with van der Waals surface area (Å²) in [7, 11) is 1.50. The van der Waals surface area contributed by atoms with Crippen molar-refractivity contribution in [3.63, 3.8) is 0 Å². The minimum absolute atomic E-state index is 0.0344. The Morgan fingerprint density at radius 3 is 2.35 bits per heavy atom. The predicted octanol–water partition coefficient (Wildman–Crippen LogP) is 2.25. The summed E-state index contributed by atoms with van der Waals surface area (Å²) in [6.07, 6.45) is 0.255. The molecule has 0 aliphatic rings. The molecule has 1 rings (SSSR count). The SMILES string of the molecule is COC(CN)C(=O)NC(CC(C)(C)C)c1ccccc1. The normalized spacial score (nSPS) is 14.7. The Labute approximate surface area is 121 Å². The summed E-state index contributed by atoms with van der Waals surface area (Å²) in [4.78, 5) is 12.2. The highest BCUT2D eigenvalue weighted by atomic mass is 16.5. The summed E-state index contributed by atoms with van der Waals surface area (Å²) in [5.74, 6) is -0.159. The number of amides is 1. The summed E-state index contributed by atoms with van der Waals surface area (Å²) in [6, 6.07) is 9.95. The van der Waals surface area contributed by atoms with Gasteiger partial charge in [0.05, 0.1) is 6.04 Å². The van der Waals surface area contributed by atoms with Crippen LogP contribution in [0, 0.1) is 5.41 Å². The Hall–Kier alpha value is -1.39. The molecule has 1 amide bonds. The molecular formula is C16H26N2O2. The van der Waals surface area contributed by atoms with Crippen molar-refractivity contribution in [2.75, 3.05) is 13.7 Å². The molecule has 20 heavy (non-hydrogen) atoms. The van der Waals surface area contributed by atoms with Gasteiger partial charge in [0.1, 0.15) is 6.10 Å². The quantitative estimate of drug-likeness (QED) is 0.839. The van der Waals surface area contributed by atoms with Crippen LogP contribution in [0.5, 0.6) is 0 Å². The summed E-state index contributed by atoms with van der Waals surface area (Å²) in [5.41, 5.74) is 6.75. The van der Waals surface area contributed by atoms with Crippen LogP contribution in [-0.2, 0) is 9.53 Å². The Bertz CT molecular complexity index is 408. The number of hydrogen-bond donors (Lipinski definition) is 2. The van der Waals surface area contributed by atoms with Crippen LogP contribution in [0.3, 0.4) is 0 Å². The molecule has 1 aromatic rings. The summed E-state index contributed by atoms with van der Waals surface area (Å²) in [5, 5.41) is 3.05. The Morgan fingerprint density at radius 1 is 1.30 bits per heavy atom. The average Bonchev–Trinajstić information content (AvgIpc) is 2.39. The molecule has 0 fully saturated rings. The maximum absolute atomic E-state index is 12.2. The molecule has 0 heterocycles. The lowest BCUT2D eigenvalue weighted by Crippen LogP contribution is -2.42. The van der Waals surface area contributed by atoms with E-state index in [4.69, 9.17) is 10.5 Å². The Morgan fingerprint density at radius 2 is 1.90 bits per heavy atom. The molecule has 4 heteroatoms. The van der Waals surface area contributed by atoms with Crippen LogP contribution in [0.1, 0.15) is 38.8 Å². The van der Waals surface area contributed by atoms with Crippen molar-refractivity contribution in [3.05, 3.63) is 35.9 Å². The summed E-state index contributed by atoms with van der Waals surface area (Å²) in [6.45, 7) is 6.66. The third kappa shape index (κ3) is 5.31. The first-order chi connectivity index (χ1) is 9.37. The number of nitrogens with one attached hydrogen (secondary N) is 1. The minimum Gasteiger partial charge on any atom is -0.370 e. The molecule has 0 aromatic heterocycles. The largest absolute Gasteiger partial charge is 0.370 e. The molecule has 0 bridgehead atoms. The molecular weight excluding hydrogens is 252 g/mol. The lowest BCUT2D eigenvalue weighted by molar-refractivity contribution is -0.131. The third-order valence-electron chi connectivity index (χ3n) is 3.13. The fraction of sp³-hybridized carbons (Fsp3) is 0.562. The molecule has 1 aromatic carbocycles. The van der Waals surface area contributed by atoms with Crippen molar-refractivity contribution in [2.45, 2.75) is 39.3 Å². The maximum atomic E-state index is 12.2. The third-order valence-corrected chi connectivity index (χ3v) is 3.13. The van der Waals surface area contributed by atoms with E-state index in [0.29, 0.717) is 0 Å². The van der Waals surface area contributed by atoms with Crippen molar-refractivity contribution in [2.24, 2.45) is 11.1 Å². The van der Waals surface area contributed by atoms with Gasteiger partial charge in [0.2, 0.25) is 0 Å². The molecule has 112 valence electrons. The van der Waals surface area contributed by atoms with Crippen molar-refractivity contribution in [1.82, 2.24) is 5.32 Å². The van der Waals surface area contributed by atoms with E-state index in [1.54, 1.807) is 0 Å². The van der Waals surface area contributed by atoms with Crippen LogP contribution in [0.15, 0.2) is 30.3 Å². The number of benzene rings is 1. The molecule has 3 N–H and O–H groups in total. The molecule has 0 spiro atoms. The first-order valence-electron chi connectivity index (χ1n) is 6.95. The van der Waals surface area contributed by atoms with Gasteiger partial charge >= 0.3 is 0 Å². The molecule has 2 unspecified atom stereocenters. The smallest absolute Gasteiger partial charge is 0.250 e.